The largest absolute Gasteiger partial charge is 0.444 e. The molecule has 0 radical (unpaired) electrons. The number of allylic oxidation sites excluding steroid dienone is 1. The van der Waals surface area contributed by atoms with Crippen molar-refractivity contribution in [3.8, 4) is 0 Å². The molecular formula is C24H34ClN3O3. The summed E-state index contributed by atoms with van der Waals surface area (Å²) in [6.45, 7) is 10.2. The van der Waals surface area contributed by atoms with E-state index in [9.17, 15) is 9.59 Å². The van der Waals surface area contributed by atoms with Crippen molar-refractivity contribution in [2.45, 2.75) is 39.2 Å². The molecule has 170 valence electrons. The van der Waals surface area contributed by atoms with Crippen molar-refractivity contribution in [3.63, 3.8) is 0 Å². The minimum atomic E-state index is -0.486. The molecular weight excluding hydrogens is 414 g/mol. The first-order chi connectivity index (χ1) is 14.7. The number of halogens is 1. The van der Waals surface area contributed by atoms with E-state index in [-0.39, 0.29) is 12.0 Å². The maximum absolute atomic E-state index is 12.7. The lowest BCUT2D eigenvalue weighted by atomic mass is 9.95. The van der Waals surface area contributed by atoms with Gasteiger partial charge < -0.3 is 14.5 Å². The highest BCUT2D eigenvalue weighted by molar-refractivity contribution is 6.30. The summed E-state index contributed by atoms with van der Waals surface area (Å²) in [5.41, 5.74) is 0.661. The summed E-state index contributed by atoms with van der Waals surface area (Å²) >= 11 is 5.93. The molecule has 7 heteroatoms. The maximum atomic E-state index is 12.7. The van der Waals surface area contributed by atoms with Crippen LogP contribution in [0.15, 0.2) is 30.3 Å². The second-order valence-corrected chi connectivity index (χ2v) is 9.81. The third-order valence-electron chi connectivity index (χ3n) is 5.71. The van der Waals surface area contributed by atoms with Gasteiger partial charge in [0.25, 0.3) is 0 Å². The smallest absolute Gasteiger partial charge is 0.410 e. The number of hydrogen-bond donors (Lipinski definition) is 0. The van der Waals surface area contributed by atoms with Gasteiger partial charge in [0, 0.05) is 44.3 Å². The number of rotatable bonds is 4. The summed E-state index contributed by atoms with van der Waals surface area (Å²) in [6.07, 6.45) is 6.10. The lowest BCUT2D eigenvalue weighted by Gasteiger charge is -2.37. The Morgan fingerprint density at radius 1 is 1.00 bits per heavy atom. The normalized spacial score (nSPS) is 19.1. The Kier molecular flexibility index (Phi) is 8.00. The van der Waals surface area contributed by atoms with Gasteiger partial charge in [0.1, 0.15) is 5.60 Å². The number of likely N-dealkylation sites (tertiary alicyclic amines) is 1. The Balaban J connectivity index is 1.37. The molecule has 1 aromatic rings. The highest BCUT2D eigenvalue weighted by Gasteiger charge is 2.28. The van der Waals surface area contributed by atoms with Crippen molar-refractivity contribution >= 4 is 29.7 Å². The Morgan fingerprint density at radius 2 is 1.61 bits per heavy atom. The number of piperazine rings is 1. The van der Waals surface area contributed by atoms with Crippen molar-refractivity contribution in [1.82, 2.24) is 14.7 Å². The zero-order valence-corrected chi connectivity index (χ0v) is 19.6. The Bertz CT molecular complexity index is 772. The fourth-order valence-corrected chi connectivity index (χ4v) is 3.99. The highest BCUT2D eigenvalue weighted by atomic mass is 35.5. The first-order valence-electron chi connectivity index (χ1n) is 11.1. The van der Waals surface area contributed by atoms with Crippen LogP contribution in [0.1, 0.15) is 39.2 Å². The highest BCUT2D eigenvalue weighted by Crippen LogP contribution is 2.21. The topological polar surface area (TPSA) is 53.1 Å². The number of carbonyl (C=O) groups is 2. The van der Waals surface area contributed by atoms with E-state index in [1.807, 2.05) is 49.9 Å². The van der Waals surface area contributed by atoms with Gasteiger partial charge in [-0.3, -0.25) is 9.69 Å². The van der Waals surface area contributed by atoms with Gasteiger partial charge in [-0.05, 0) is 57.2 Å². The van der Waals surface area contributed by atoms with Crippen LogP contribution in [0, 0.1) is 5.92 Å². The van der Waals surface area contributed by atoms with Crippen LogP contribution in [0.2, 0.25) is 5.02 Å². The Labute approximate surface area is 190 Å². The van der Waals surface area contributed by atoms with Crippen molar-refractivity contribution in [1.29, 1.82) is 0 Å². The van der Waals surface area contributed by atoms with Crippen molar-refractivity contribution in [2.75, 3.05) is 45.8 Å². The molecule has 0 N–H and O–H groups in total. The third-order valence-corrected chi connectivity index (χ3v) is 5.96. The number of ether oxygens (including phenoxy) is 1. The van der Waals surface area contributed by atoms with Crippen LogP contribution < -0.4 is 0 Å². The fourth-order valence-electron chi connectivity index (χ4n) is 3.87. The molecule has 0 aromatic heterocycles. The van der Waals surface area contributed by atoms with E-state index in [1.165, 1.54) is 0 Å². The van der Waals surface area contributed by atoms with E-state index < -0.39 is 5.60 Å². The average molecular weight is 448 g/mol. The number of amides is 2. The molecule has 2 heterocycles. The summed E-state index contributed by atoms with van der Waals surface area (Å²) in [5.74, 6) is 0.683. The van der Waals surface area contributed by atoms with Crippen molar-refractivity contribution in [3.05, 3.63) is 40.9 Å². The number of carbonyl (C=O) groups excluding carboxylic acids is 2. The van der Waals surface area contributed by atoms with E-state index in [4.69, 9.17) is 16.3 Å². The van der Waals surface area contributed by atoms with E-state index in [0.29, 0.717) is 38.6 Å². The van der Waals surface area contributed by atoms with E-state index >= 15 is 0 Å². The summed E-state index contributed by atoms with van der Waals surface area (Å²) in [6, 6.07) is 7.83. The zero-order chi connectivity index (χ0) is 22.4. The van der Waals surface area contributed by atoms with Crippen molar-refractivity contribution in [2.24, 2.45) is 5.92 Å². The molecule has 31 heavy (non-hydrogen) atoms. The minimum absolute atomic E-state index is 0.186. The maximum Gasteiger partial charge on any atom is 0.410 e. The quantitative estimate of drug-likeness (QED) is 0.695. The molecule has 3 rings (SSSR count). The van der Waals surface area contributed by atoms with Crippen LogP contribution in [0.3, 0.4) is 0 Å². The Hall–Kier alpha value is -2.05. The SMILES string of the molecule is CC(C)(C)OC(=O)N1CCN(CC(=O)N2CCC(C=Cc3ccc(Cl)cc3)CC2)CC1. The average Bonchev–Trinajstić information content (AvgIpc) is 2.73. The molecule has 0 spiro atoms. The second kappa shape index (κ2) is 10.5. The van der Waals surface area contributed by atoms with Gasteiger partial charge in [0.05, 0.1) is 6.54 Å². The lowest BCUT2D eigenvalue weighted by molar-refractivity contribution is -0.134. The number of nitrogens with zero attached hydrogens (tertiary/aromatic N) is 3. The van der Waals surface area contributed by atoms with Gasteiger partial charge in [0.2, 0.25) is 5.91 Å². The van der Waals surface area contributed by atoms with Gasteiger partial charge in [-0.2, -0.15) is 0 Å². The summed E-state index contributed by atoms with van der Waals surface area (Å²) in [5, 5.41) is 0.746. The van der Waals surface area contributed by atoms with Crippen LogP contribution in [0.4, 0.5) is 4.79 Å². The molecule has 2 amide bonds. The summed E-state index contributed by atoms with van der Waals surface area (Å²) in [7, 11) is 0. The van der Waals surface area contributed by atoms with Gasteiger partial charge in [-0.1, -0.05) is 35.9 Å². The first-order valence-corrected chi connectivity index (χ1v) is 11.5. The van der Waals surface area contributed by atoms with Crippen LogP contribution >= 0.6 is 11.6 Å². The lowest BCUT2D eigenvalue weighted by Crippen LogP contribution is -2.53. The third kappa shape index (κ3) is 7.54. The fraction of sp³-hybridized carbons (Fsp3) is 0.583. The van der Waals surface area contributed by atoms with Gasteiger partial charge in [-0.25, -0.2) is 4.79 Å². The molecule has 0 saturated carbocycles. The zero-order valence-electron chi connectivity index (χ0n) is 18.8. The molecule has 2 aliphatic rings. The number of piperidine rings is 1. The number of benzene rings is 1. The minimum Gasteiger partial charge on any atom is -0.444 e. The molecule has 0 aliphatic carbocycles. The molecule has 2 fully saturated rings. The molecule has 0 atom stereocenters. The van der Waals surface area contributed by atoms with Gasteiger partial charge >= 0.3 is 6.09 Å². The van der Waals surface area contributed by atoms with E-state index in [2.05, 4.69) is 17.1 Å². The molecule has 6 nitrogen and oxygen atoms in total. The molecule has 1 aromatic carbocycles. The monoisotopic (exact) mass is 447 g/mol. The summed E-state index contributed by atoms with van der Waals surface area (Å²) < 4.78 is 5.43. The predicted octanol–water partition coefficient (Wildman–Crippen LogP) is 4.14. The number of hydrogen-bond acceptors (Lipinski definition) is 4. The van der Waals surface area contributed by atoms with E-state index in [1.54, 1.807) is 4.90 Å². The molecule has 2 saturated heterocycles. The van der Waals surface area contributed by atoms with Crippen LogP contribution in [-0.2, 0) is 9.53 Å². The standard InChI is InChI=1S/C24H34ClN3O3/c1-24(2,3)31-23(30)28-16-14-26(15-17-28)18-22(29)27-12-10-20(11-13-27)5-4-19-6-8-21(25)9-7-19/h4-9,20H,10-18H2,1-3H3. The first kappa shape index (κ1) is 23.6. The van der Waals surface area contributed by atoms with E-state index in [0.717, 1.165) is 36.5 Å². The molecule has 0 unspecified atom stereocenters. The Morgan fingerprint density at radius 3 is 2.19 bits per heavy atom. The predicted molar refractivity (Wildman–Crippen MR) is 124 cm³/mol. The van der Waals surface area contributed by atoms with Gasteiger partial charge in [-0.15, -0.1) is 0 Å². The molecule has 2 aliphatic heterocycles. The second-order valence-electron chi connectivity index (χ2n) is 9.37. The van der Waals surface area contributed by atoms with Crippen molar-refractivity contribution < 1.29 is 14.3 Å². The van der Waals surface area contributed by atoms with Gasteiger partial charge in [0.15, 0.2) is 0 Å². The van der Waals surface area contributed by atoms with Crippen LogP contribution in [0.25, 0.3) is 6.08 Å². The summed E-state index contributed by atoms with van der Waals surface area (Å²) in [4.78, 5) is 30.8. The van der Waals surface area contributed by atoms with Crippen LogP contribution in [-0.4, -0.2) is 78.1 Å². The van der Waals surface area contributed by atoms with Crippen LogP contribution in [0.5, 0.6) is 0 Å². The molecule has 0 bridgehead atoms.